The second-order valence-corrected chi connectivity index (χ2v) is 7.29. The van der Waals surface area contributed by atoms with Gasteiger partial charge in [-0.15, -0.1) is 0 Å². The van der Waals surface area contributed by atoms with Gasteiger partial charge in [0.15, 0.2) is 0 Å². The molecule has 0 radical (unpaired) electrons. The van der Waals surface area contributed by atoms with Crippen molar-refractivity contribution in [1.82, 2.24) is 14.9 Å². The van der Waals surface area contributed by atoms with Gasteiger partial charge >= 0.3 is 0 Å². The normalized spacial score (nSPS) is 21.0. The molecule has 4 heterocycles. The van der Waals surface area contributed by atoms with Crippen LogP contribution in [-0.2, 0) is 4.79 Å². The minimum atomic E-state index is -0.0312. The number of nitrogens with zero attached hydrogens (tertiary/aromatic N) is 4. The van der Waals surface area contributed by atoms with Crippen LogP contribution in [0.5, 0.6) is 11.5 Å². The maximum atomic E-state index is 12.6. The molecule has 8 nitrogen and oxygen atoms in total. The summed E-state index contributed by atoms with van der Waals surface area (Å²) in [7, 11) is 3.18. The molecule has 2 aromatic rings. The van der Waals surface area contributed by atoms with E-state index in [0.717, 1.165) is 31.0 Å². The standard InChI is InChI=1S/C20H25N5O3/c1-13-4-19(22-12-21-13)24-9-15-7-16(10-24)25(15)11-20(26)23-14-5-17(27-2)8-18(6-14)28-3/h4-6,8,12,15-16H,7,9-11H2,1-3H3,(H,23,26). The van der Waals surface area contributed by atoms with E-state index in [1.165, 1.54) is 0 Å². The number of hydrogen-bond acceptors (Lipinski definition) is 7. The first kappa shape index (κ1) is 18.5. The molecule has 2 bridgehead atoms. The van der Waals surface area contributed by atoms with Gasteiger partial charge < -0.3 is 19.7 Å². The van der Waals surface area contributed by atoms with Crippen molar-refractivity contribution >= 4 is 17.4 Å². The Hall–Kier alpha value is -2.87. The van der Waals surface area contributed by atoms with Crippen molar-refractivity contribution < 1.29 is 14.3 Å². The van der Waals surface area contributed by atoms with E-state index in [1.807, 2.05) is 13.0 Å². The first-order valence-electron chi connectivity index (χ1n) is 9.38. The van der Waals surface area contributed by atoms with E-state index in [-0.39, 0.29) is 5.91 Å². The van der Waals surface area contributed by atoms with Crippen LogP contribution in [0.4, 0.5) is 11.5 Å². The highest BCUT2D eigenvalue weighted by Gasteiger charge is 2.45. The monoisotopic (exact) mass is 383 g/mol. The summed E-state index contributed by atoms with van der Waals surface area (Å²) in [6, 6.07) is 8.11. The van der Waals surface area contributed by atoms with Crippen molar-refractivity contribution in [2.45, 2.75) is 25.4 Å². The SMILES string of the molecule is COc1cc(NC(=O)CN2C3CC2CN(c2cc(C)ncn2)C3)cc(OC)c1. The average Bonchev–Trinajstić information content (AvgIpc) is 2.71. The third-order valence-corrected chi connectivity index (χ3v) is 5.42. The number of ether oxygens (including phenoxy) is 2. The fraction of sp³-hybridized carbons (Fsp3) is 0.450. The van der Waals surface area contributed by atoms with Gasteiger partial charge in [-0.05, 0) is 13.3 Å². The maximum Gasteiger partial charge on any atom is 0.238 e. The highest BCUT2D eigenvalue weighted by atomic mass is 16.5. The summed E-state index contributed by atoms with van der Waals surface area (Å²) in [6.45, 7) is 4.12. The molecule has 28 heavy (non-hydrogen) atoms. The van der Waals surface area contributed by atoms with Crippen molar-refractivity contribution in [2.24, 2.45) is 0 Å². The number of hydrogen-bond donors (Lipinski definition) is 1. The first-order valence-corrected chi connectivity index (χ1v) is 9.38. The van der Waals surface area contributed by atoms with Crippen molar-refractivity contribution in [3.63, 3.8) is 0 Å². The molecule has 0 aliphatic carbocycles. The number of carbonyl (C=O) groups excluding carboxylic acids is 1. The summed E-state index contributed by atoms with van der Waals surface area (Å²) >= 11 is 0. The molecule has 1 N–H and O–H groups in total. The number of anilines is 2. The highest BCUT2D eigenvalue weighted by Crippen LogP contribution is 2.34. The number of aromatic nitrogens is 2. The molecule has 3 aliphatic rings. The summed E-state index contributed by atoms with van der Waals surface area (Å²) in [6.07, 6.45) is 2.74. The molecule has 0 spiro atoms. The molecule has 2 unspecified atom stereocenters. The van der Waals surface area contributed by atoms with Gasteiger partial charge in [-0.3, -0.25) is 9.69 Å². The molecular formula is C20H25N5O3. The zero-order valence-corrected chi connectivity index (χ0v) is 16.4. The molecule has 1 aromatic carbocycles. The number of rotatable bonds is 6. The van der Waals surface area contributed by atoms with Crippen LogP contribution in [0.1, 0.15) is 12.1 Å². The molecule has 3 fully saturated rings. The summed E-state index contributed by atoms with van der Waals surface area (Å²) in [5.74, 6) is 2.23. The lowest BCUT2D eigenvalue weighted by atomic mass is 9.87. The van der Waals surface area contributed by atoms with Crippen molar-refractivity contribution in [3.05, 3.63) is 36.3 Å². The van der Waals surface area contributed by atoms with E-state index in [0.29, 0.717) is 35.8 Å². The summed E-state index contributed by atoms with van der Waals surface area (Å²) < 4.78 is 10.5. The second kappa shape index (κ2) is 7.63. The molecule has 2 atom stereocenters. The fourth-order valence-corrected chi connectivity index (χ4v) is 3.99. The lowest BCUT2D eigenvalue weighted by molar-refractivity contribution is -0.121. The lowest BCUT2D eigenvalue weighted by Gasteiger charge is -2.56. The van der Waals surface area contributed by atoms with Gasteiger partial charge in [0.2, 0.25) is 5.91 Å². The van der Waals surface area contributed by atoms with Crippen LogP contribution in [0.3, 0.4) is 0 Å². The Morgan fingerprint density at radius 2 is 1.79 bits per heavy atom. The number of carbonyl (C=O) groups is 1. The topological polar surface area (TPSA) is 79.8 Å². The van der Waals surface area contributed by atoms with Crippen LogP contribution < -0.4 is 19.7 Å². The zero-order chi connectivity index (χ0) is 19.7. The predicted molar refractivity (Wildman–Crippen MR) is 106 cm³/mol. The van der Waals surface area contributed by atoms with E-state index >= 15 is 0 Å². The molecule has 3 saturated heterocycles. The van der Waals surface area contributed by atoms with Gasteiger partial charge in [-0.25, -0.2) is 9.97 Å². The van der Waals surface area contributed by atoms with Crippen LogP contribution in [-0.4, -0.2) is 66.7 Å². The van der Waals surface area contributed by atoms with E-state index in [4.69, 9.17) is 9.47 Å². The number of benzene rings is 1. The predicted octanol–water partition coefficient (Wildman–Crippen LogP) is 1.70. The van der Waals surface area contributed by atoms with Gasteiger partial charge in [-0.1, -0.05) is 0 Å². The smallest absolute Gasteiger partial charge is 0.238 e. The Labute approximate surface area is 164 Å². The summed E-state index contributed by atoms with van der Waals surface area (Å²) in [4.78, 5) is 25.7. The van der Waals surface area contributed by atoms with Crippen LogP contribution in [0.15, 0.2) is 30.6 Å². The molecule has 8 heteroatoms. The Bertz CT molecular complexity index is 840. The van der Waals surface area contributed by atoms with Gasteiger partial charge in [0.05, 0.1) is 20.8 Å². The second-order valence-electron chi connectivity index (χ2n) is 7.29. The highest BCUT2D eigenvalue weighted by molar-refractivity contribution is 5.92. The summed E-state index contributed by atoms with van der Waals surface area (Å²) in [5.41, 5.74) is 1.64. The van der Waals surface area contributed by atoms with Crippen LogP contribution in [0.2, 0.25) is 0 Å². The van der Waals surface area contributed by atoms with Gasteiger partial charge in [0.25, 0.3) is 0 Å². The van der Waals surface area contributed by atoms with Crippen LogP contribution in [0, 0.1) is 6.92 Å². The van der Waals surface area contributed by atoms with E-state index in [2.05, 4.69) is 25.1 Å². The van der Waals surface area contributed by atoms with Gasteiger partial charge in [0.1, 0.15) is 23.6 Å². The molecule has 5 rings (SSSR count). The third-order valence-electron chi connectivity index (χ3n) is 5.42. The molecule has 1 amide bonds. The van der Waals surface area contributed by atoms with E-state index in [1.54, 1.807) is 38.7 Å². The van der Waals surface area contributed by atoms with Crippen molar-refractivity contribution in [1.29, 1.82) is 0 Å². The number of fused-ring (bicyclic) bond motifs is 2. The molecule has 148 valence electrons. The number of nitrogens with one attached hydrogen (secondary N) is 1. The number of aryl methyl sites for hydroxylation is 1. The quantitative estimate of drug-likeness (QED) is 0.813. The average molecular weight is 383 g/mol. The third kappa shape index (κ3) is 3.73. The lowest BCUT2D eigenvalue weighted by Crippen LogP contribution is -2.69. The van der Waals surface area contributed by atoms with Crippen LogP contribution >= 0.6 is 0 Å². The minimum Gasteiger partial charge on any atom is -0.497 e. The van der Waals surface area contributed by atoms with E-state index in [9.17, 15) is 4.79 Å². The molecule has 1 aromatic heterocycles. The minimum absolute atomic E-state index is 0.0312. The van der Waals surface area contributed by atoms with Crippen molar-refractivity contribution in [3.8, 4) is 11.5 Å². The zero-order valence-electron chi connectivity index (χ0n) is 16.4. The maximum absolute atomic E-state index is 12.6. The van der Waals surface area contributed by atoms with Gasteiger partial charge in [0, 0.05) is 60.8 Å². The van der Waals surface area contributed by atoms with E-state index < -0.39 is 0 Å². The Balaban J connectivity index is 1.36. The van der Waals surface area contributed by atoms with Crippen LogP contribution in [0.25, 0.3) is 0 Å². The first-order chi connectivity index (χ1) is 13.6. The molecule has 3 aliphatic heterocycles. The number of piperazine rings is 1. The molecule has 0 saturated carbocycles. The fourth-order valence-electron chi connectivity index (χ4n) is 3.99. The molecular weight excluding hydrogens is 358 g/mol. The van der Waals surface area contributed by atoms with Gasteiger partial charge in [-0.2, -0.15) is 0 Å². The summed E-state index contributed by atoms with van der Waals surface area (Å²) in [5, 5.41) is 2.96. The Morgan fingerprint density at radius 1 is 1.11 bits per heavy atom. The number of methoxy groups -OCH3 is 2. The Kier molecular flexibility index (Phi) is 5.04. The Morgan fingerprint density at radius 3 is 2.39 bits per heavy atom. The largest absolute Gasteiger partial charge is 0.497 e. The van der Waals surface area contributed by atoms with Crippen molar-refractivity contribution in [2.75, 3.05) is 44.1 Å². The number of amides is 1. The number of piperidine rings is 1.